The highest BCUT2D eigenvalue weighted by molar-refractivity contribution is 7.14. The van der Waals surface area contributed by atoms with Crippen molar-refractivity contribution in [3.8, 4) is 10.6 Å². The molecule has 1 fully saturated rings. The molecule has 33 heavy (non-hydrogen) atoms. The predicted octanol–water partition coefficient (Wildman–Crippen LogP) is 4.94. The minimum atomic E-state index is -0.156. The Hall–Kier alpha value is -2.42. The van der Waals surface area contributed by atoms with Crippen molar-refractivity contribution in [2.75, 3.05) is 13.1 Å². The molecule has 0 unspecified atom stereocenters. The number of rotatable bonds is 7. The summed E-state index contributed by atoms with van der Waals surface area (Å²) in [4.78, 5) is 28.4. The molecular weight excluding hydrogens is 460 g/mol. The molecule has 1 saturated heterocycles. The molecule has 1 aliphatic rings. The number of nitrogens with zero attached hydrogens (tertiary/aromatic N) is 3. The van der Waals surface area contributed by atoms with E-state index in [9.17, 15) is 9.59 Å². The van der Waals surface area contributed by atoms with E-state index in [2.05, 4.69) is 29.2 Å². The fourth-order valence-electron chi connectivity index (χ4n) is 4.52. The van der Waals surface area contributed by atoms with Crippen molar-refractivity contribution >= 4 is 35.1 Å². The van der Waals surface area contributed by atoms with Gasteiger partial charge in [0, 0.05) is 42.5 Å². The molecule has 9 heteroatoms. The first-order chi connectivity index (χ1) is 15.8. The Bertz CT molecular complexity index is 1150. The Morgan fingerprint density at radius 2 is 2.09 bits per heavy atom. The lowest BCUT2D eigenvalue weighted by Gasteiger charge is -2.34. The van der Waals surface area contributed by atoms with E-state index in [4.69, 9.17) is 16.1 Å². The number of carbonyl (C=O) groups excluding carboxylic acids is 2. The average molecular weight is 489 g/mol. The Labute approximate surface area is 202 Å². The predicted molar refractivity (Wildman–Crippen MR) is 130 cm³/mol. The normalized spacial score (nSPS) is 15.3. The van der Waals surface area contributed by atoms with E-state index in [1.165, 1.54) is 11.3 Å². The van der Waals surface area contributed by atoms with Crippen molar-refractivity contribution < 1.29 is 14.1 Å². The number of halogens is 1. The molecule has 176 valence electrons. The van der Waals surface area contributed by atoms with Gasteiger partial charge in [0.1, 0.15) is 11.4 Å². The van der Waals surface area contributed by atoms with E-state index in [0.717, 1.165) is 42.8 Å². The second-order valence-electron chi connectivity index (χ2n) is 8.83. The zero-order chi connectivity index (χ0) is 23.7. The van der Waals surface area contributed by atoms with E-state index < -0.39 is 0 Å². The lowest BCUT2D eigenvalue weighted by molar-refractivity contribution is 0.0890. The zero-order valence-corrected chi connectivity index (χ0v) is 20.9. The molecule has 0 aromatic carbocycles. The van der Waals surface area contributed by atoms with Gasteiger partial charge in [-0.25, -0.2) is 0 Å². The van der Waals surface area contributed by atoms with E-state index in [1.807, 2.05) is 35.9 Å². The highest BCUT2D eigenvalue weighted by Gasteiger charge is 2.27. The molecular formula is C24H29ClN4O3S. The number of likely N-dealkylation sites (tertiary alicyclic amines) is 1. The van der Waals surface area contributed by atoms with Crippen molar-refractivity contribution in [2.24, 2.45) is 0 Å². The molecule has 3 aromatic heterocycles. The van der Waals surface area contributed by atoms with Gasteiger partial charge in [0.2, 0.25) is 0 Å². The summed E-state index contributed by atoms with van der Waals surface area (Å²) in [6.07, 6.45) is 2.65. The van der Waals surface area contributed by atoms with Crippen LogP contribution in [0.15, 0.2) is 22.0 Å². The van der Waals surface area contributed by atoms with Crippen molar-refractivity contribution in [2.45, 2.75) is 59.2 Å². The highest BCUT2D eigenvalue weighted by atomic mass is 35.5. The first-order valence-corrected chi connectivity index (χ1v) is 12.4. The Morgan fingerprint density at radius 3 is 2.70 bits per heavy atom. The molecule has 0 saturated carbocycles. The molecule has 0 spiro atoms. The first kappa shape index (κ1) is 23.7. The topological polar surface area (TPSA) is 80.4 Å². The second-order valence-corrected chi connectivity index (χ2v) is 10.2. The van der Waals surface area contributed by atoms with E-state index in [-0.39, 0.29) is 11.9 Å². The number of thiophene rings is 1. The SMILES string of the molecule is Cc1c(C=O)c(C)n(Cc2cc(-c3sccc3Cl)on2)c1C(=O)NC1CCN(C(C)C)CC1. The van der Waals surface area contributed by atoms with Gasteiger partial charge in [0.05, 0.1) is 16.4 Å². The molecule has 0 atom stereocenters. The van der Waals surface area contributed by atoms with Crippen LogP contribution in [0.25, 0.3) is 10.6 Å². The van der Waals surface area contributed by atoms with E-state index in [0.29, 0.717) is 45.9 Å². The summed E-state index contributed by atoms with van der Waals surface area (Å²) in [6, 6.07) is 4.27. The lowest BCUT2D eigenvalue weighted by atomic mass is 10.0. The largest absolute Gasteiger partial charge is 0.355 e. The van der Waals surface area contributed by atoms with Crippen LogP contribution < -0.4 is 5.32 Å². The summed E-state index contributed by atoms with van der Waals surface area (Å²) in [6.45, 7) is 10.3. The summed E-state index contributed by atoms with van der Waals surface area (Å²) in [5, 5.41) is 9.89. The molecule has 3 aromatic rings. The van der Waals surface area contributed by atoms with E-state index in [1.54, 1.807) is 0 Å². The summed E-state index contributed by atoms with van der Waals surface area (Å²) in [5.74, 6) is 0.432. The summed E-state index contributed by atoms with van der Waals surface area (Å²) in [7, 11) is 0. The van der Waals surface area contributed by atoms with Crippen LogP contribution >= 0.6 is 22.9 Å². The van der Waals surface area contributed by atoms with Gasteiger partial charge in [-0.05, 0) is 57.5 Å². The van der Waals surface area contributed by atoms with Gasteiger partial charge in [-0.15, -0.1) is 11.3 Å². The van der Waals surface area contributed by atoms with Gasteiger partial charge >= 0.3 is 0 Å². The van der Waals surface area contributed by atoms with Crippen LogP contribution in [-0.4, -0.2) is 52.0 Å². The van der Waals surface area contributed by atoms with Crippen LogP contribution in [0.4, 0.5) is 0 Å². The number of hydrogen-bond donors (Lipinski definition) is 1. The molecule has 0 radical (unpaired) electrons. The third-order valence-electron chi connectivity index (χ3n) is 6.47. The average Bonchev–Trinajstić information content (AvgIpc) is 3.47. The fourth-order valence-corrected chi connectivity index (χ4v) is 5.62. The third-order valence-corrected chi connectivity index (χ3v) is 7.83. The number of hydrogen-bond acceptors (Lipinski definition) is 6. The van der Waals surface area contributed by atoms with Crippen molar-refractivity contribution in [3.05, 3.63) is 50.7 Å². The maximum absolute atomic E-state index is 13.4. The standard InChI is InChI=1S/C24H29ClN4O3S/c1-14(2)28-8-5-17(6-9-28)26-24(31)22-15(3)19(13-30)16(4)29(22)12-18-11-21(32-27-18)23-20(25)7-10-33-23/h7,10-11,13-14,17H,5-6,8-9,12H2,1-4H3,(H,26,31). The minimum absolute atomic E-state index is 0.120. The first-order valence-electron chi connectivity index (χ1n) is 11.2. The number of amides is 1. The van der Waals surface area contributed by atoms with Crippen LogP contribution in [0.5, 0.6) is 0 Å². The second kappa shape index (κ2) is 9.83. The number of aldehydes is 1. The maximum Gasteiger partial charge on any atom is 0.268 e. The lowest BCUT2D eigenvalue weighted by Crippen LogP contribution is -2.47. The molecule has 1 N–H and O–H groups in total. The van der Waals surface area contributed by atoms with E-state index >= 15 is 0 Å². The van der Waals surface area contributed by atoms with Gasteiger partial charge < -0.3 is 19.3 Å². The zero-order valence-electron chi connectivity index (χ0n) is 19.4. The Balaban J connectivity index is 1.57. The van der Waals surface area contributed by atoms with Gasteiger partial charge in [-0.3, -0.25) is 9.59 Å². The van der Waals surface area contributed by atoms with Gasteiger partial charge in [-0.1, -0.05) is 16.8 Å². The van der Waals surface area contributed by atoms with Crippen LogP contribution in [0.3, 0.4) is 0 Å². The van der Waals surface area contributed by atoms with Crippen molar-refractivity contribution in [1.29, 1.82) is 0 Å². The summed E-state index contributed by atoms with van der Waals surface area (Å²) < 4.78 is 7.36. The van der Waals surface area contributed by atoms with Crippen molar-refractivity contribution in [3.63, 3.8) is 0 Å². The summed E-state index contributed by atoms with van der Waals surface area (Å²) in [5.41, 5.74) is 3.12. The van der Waals surface area contributed by atoms with Crippen LogP contribution in [0.1, 0.15) is 64.5 Å². The minimum Gasteiger partial charge on any atom is -0.355 e. The maximum atomic E-state index is 13.4. The molecule has 4 heterocycles. The number of carbonyl (C=O) groups is 2. The molecule has 1 amide bonds. The fraction of sp³-hybridized carbons (Fsp3) is 0.458. The molecule has 1 aliphatic heterocycles. The van der Waals surface area contributed by atoms with Crippen molar-refractivity contribution in [1.82, 2.24) is 19.9 Å². The van der Waals surface area contributed by atoms with Crippen LogP contribution in [0.2, 0.25) is 5.02 Å². The number of piperidine rings is 1. The molecule has 0 bridgehead atoms. The number of aromatic nitrogens is 2. The van der Waals surface area contributed by atoms with Gasteiger partial charge in [0.25, 0.3) is 5.91 Å². The monoisotopic (exact) mass is 488 g/mol. The third kappa shape index (κ3) is 4.78. The Kier molecular flexibility index (Phi) is 7.07. The van der Waals surface area contributed by atoms with Crippen LogP contribution in [-0.2, 0) is 6.54 Å². The molecule has 0 aliphatic carbocycles. The highest BCUT2D eigenvalue weighted by Crippen LogP contribution is 2.34. The molecule has 4 rings (SSSR count). The van der Waals surface area contributed by atoms with Gasteiger partial charge in [0.15, 0.2) is 12.0 Å². The smallest absolute Gasteiger partial charge is 0.268 e. The van der Waals surface area contributed by atoms with Gasteiger partial charge in [-0.2, -0.15) is 0 Å². The molecule has 7 nitrogen and oxygen atoms in total. The quantitative estimate of drug-likeness (QED) is 0.476. The number of nitrogens with one attached hydrogen (secondary N) is 1. The Morgan fingerprint density at radius 1 is 1.36 bits per heavy atom. The van der Waals surface area contributed by atoms with Crippen LogP contribution in [0, 0.1) is 13.8 Å². The summed E-state index contributed by atoms with van der Waals surface area (Å²) >= 11 is 7.70.